The number of amides is 2. The number of benzene rings is 1. The lowest BCUT2D eigenvalue weighted by Crippen LogP contribution is -2.41. The maximum absolute atomic E-state index is 12.1. The molecular formula is C13H16N2O4. The lowest BCUT2D eigenvalue weighted by atomic mass is 10.1. The Balaban J connectivity index is 2.93. The summed E-state index contributed by atoms with van der Waals surface area (Å²) in [5.41, 5.74) is 5.71. The summed E-state index contributed by atoms with van der Waals surface area (Å²) in [5, 5.41) is 9.00. The highest BCUT2D eigenvalue weighted by Crippen LogP contribution is 2.10. The molecule has 0 radical (unpaired) electrons. The average Bonchev–Trinajstić information content (AvgIpc) is 2.38. The molecule has 1 rings (SSSR count). The molecule has 1 aromatic carbocycles. The number of primary amides is 1. The minimum atomic E-state index is -1.05. The van der Waals surface area contributed by atoms with E-state index >= 15 is 0 Å². The van der Waals surface area contributed by atoms with Crippen LogP contribution in [0.3, 0.4) is 0 Å². The third kappa shape index (κ3) is 3.31. The molecule has 1 unspecified atom stereocenters. The van der Waals surface area contributed by atoms with Crippen molar-refractivity contribution in [3.63, 3.8) is 0 Å². The van der Waals surface area contributed by atoms with Gasteiger partial charge in [-0.25, -0.2) is 4.79 Å². The zero-order valence-electron chi connectivity index (χ0n) is 10.8. The molecule has 6 nitrogen and oxygen atoms in total. The van der Waals surface area contributed by atoms with Crippen LogP contribution in [0.4, 0.5) is 0 Å². The summed E-state index contributed by atoms with van der Waals surface area (Å²) >= 11 is 0. The van der Waals surface area contributed by atoms with Gasteiger partial charge in [-0.15, -0.1) is 0 Å². The molecule has 0 aliphatic rings. The van der Waals surface area contributed by atoms with E-state index in [0.717, 1.165) is 0 Å². The molecule has 0 aromatic heterocycles. The molecule has 0 bridgehead atoms. The Hall–Kier alpha value is -2.37. The van der Waals surface area contributed by atoms with Gasteiger partial charge in [0.25, 0.3) is 5.91 Å². The fourth-order valence-corrected chi connectivity index (χ4v) is 1.74. The molecule has 102 valence electrons. The number of carboxylic acids is 1. The number of likely N-dealkylation sites (N-methyl/N-ethyl adjacent to an activating group) is 1. The summed E-state index contributed by atoms with van der Waals surface area (Å²) in [6.45, 7) is 1.69. The van der Waals surface area contributed by atoms with E-state index in [2.05, 4.69) is 0 Å². The first-order valence-electron chi connectivity index (χ1n) is 5.78. The van der Waals surface area contributed by atoms with Crippen LogP contribution in [0.5, 0.6) is 0 Å². The van der Waals surface area contributed by atoms with E-state index in [-0.39, 0.29) is 0 Å². The second-order valence-electron chi connectivity index (χ2n) is 4.12. The first kappa shape index (κ1) is 14.7. The Morgan fingerprint density at radius 1 is 1.21 bits per heavy atom. The van der Waals surface area contributed by atoms with Crippen LogP contribution in [-0.2, 0) is 4.79 Å². The summed E-state index contributed by atoms with van der Waals surface area (Å²) in [7, 11) is 1.44. The van der Waals surface area contributed by atoms with Gasteiger partial charge in [-0.05, 0) is 30.7 Å². The predicted molar refractivity (Wildman–Crippen MR) is 68.8 cm³/mol. The minimum absolute atomic E-state index is 0.296. The second-order valence-corrected chi connectivity index (χ2v) is 4.12. The van der Waals surface area contributed by atoms with Crippen molar-refractivity contribution in [2.24, 2.45) is 5.73 Å². The Labute approximate surface area is 110 Å². The summed E-state index contributed by atoms with van der Waals surface area (Å²) in [6, 6.07) is 4.90. The monoisotopic (exact) mass is 264 g/mol. The number of carbonyl (C=O) groups is 3. The number of rotatable bonds is 5. The van der Waals surface area contributed by atoms with Gasteiger partial charge in [0.15, 0.2) is 0 Å². The summed E-state index contributed by atoms with van der Waals surface area (Å²) in [6.07, 6.45) is 0.316. The molecule has 0 saturated heterocycles. The second kappa shape index (κ2) is 5.99. The van der Waals surface area contributed by atoms with Crippen LogP contribution in [0.2, 0.25) is 0 Å². The van der Waals surface area contributed by atoms with E-state index < -0.39 is 23.8 Å². The molecule has 0 aliphatic carbocycles. The topological polar surface area (TPSA) is 101 Å². The quantitative estimate of drug-likeness (QED) is 0.818. The van der Waals surface area contributed by atoms with Crippen molar-refractivity contribution in [3.8, 4) is 0 Å². The number of hydrogen-bond donors (Lipinski definition) is 2. The van der Waals surface area contributed by atoms with Crippen molar-refractivity contribution in [3.05, 3.63) is 35.4 Å². The first-order chi connectivity index (χ1) is 8.88. The Kier molecular flexibility index (Phi) is 4.63. The van der Waals surface area contributed by atoms with Crippen molar-refractivity contribution in [1.82, 2.24) is 4.90 Å². The van der Waals surface area contributed by atoms with Crippen molar-refractivity contribution < 1.29 is 19.5 Å². The van der Waals surface area contributed by atoms with Crippen LogP contribution in [0.15, 0.2) is 24.3 Å². The fraction of sp³-hybridized carbons (Fsp3) is 0.308. The SMILES string of the molecule is CCC(C(=O)O)N(C)C(=O)c1ccc(C(N)=O)cc1. The molecule has 0 spiro atoms. The van der Waals surface area contributed by atoms with E-state index in [0.29, 0.717) is 17.5 Å². The van der Waals surface area contributed by atoms with E-state index in [1.165, 1.54) is 36.2 Å². The van der Waals surface area contributed by atoms with Gasteiger partial charge in [-0.2, -0.15) is 0 Å². The fourth-order valence-electron chi connectivity index (χ4n) is 1.74. The summed E-state index contributed by atoms with van der Waals surface area (Å²) < 4.78 is 0. The molecule has 0 heterocycles. The van der Waals surface area contributed by atoms with E-state index in [1.54, 1.807) is 6.92 Å². The third-order valence-corrected chi connectivity index (χ3v) is 2.88. The number of nitrogens with two attached hydrogens (primary N) is 1. The third-order valence-electron chi connectivity index (χ3n) is 2.88. The highest BCUT2D eigenvalue weighted by Gasteiger charge is 2.25. The Morgan fingerprint density at radius 2 is 1.68 bits per heavy atom. The number of nitrogens with zero attached hydrogens (tertiary/aromatic N) is 1. The van der Waals surface area contributed by atoms with Crippen molar-refractivity contribution >= 4 is 17.8 Å². The van der Waals surface area contributed by atoms with Gasteiger partial charge in [-0.3, -0.25) is 9.59 Å². The molecule has 0 fully saturated rings. The minimum Gasteiger partial charge on any atom is -0.480 e. The van der Waals surface area contributed by atoms with Gasteiger partial charge in [0.1, 0.15) is 6.04 Å². The zero-order valence-corrected chi connectivity index (χ0v) is 10.8. The van der Waals surface area contributed by atoms with Crippen molar-refractivity contribution in [2.75, 3.05) is 7.05 Å². The predicted octanol–water partition coefficient (Wildman–Crippen LogP) is 0.721. The van der Waals surface area contributed by atoms with Gasteiger partial charge in [-0.1, -0.05) is 6.92 Å². The van der Waals surface area contributed by atoms with Gasteiger partial charge in [0, 0.05) is 18.2 Å². The molecule has 6 heteroatoms. The van der Waals surface area contributed by atoms with Gasteiger partial charge < -0.3 is 15.7 Å². The maximum Gasteiger partial charge on any atom is 0.326 e. The molecular weight excluding hydrogens is 248 g/mol. The summed E-state index contributed by atoms with van der Waals surface area (Å²) in [4.78, 5) is 35.2. The molecule has 19 heavy (non-hydrogen) atoms. The van der Waals surface area contributed by atoms with Crippen molar-refractivity contribution in [1.29, 1.82) is 0 Å². The number of carbonyl (C=O) groups excluding carboxylic acids is 2. The van der Waals surface area contributed by atoms with Crippen LogP contribution in [0.1, 0.15) is 34.1 Å². The van der Waals surface area contributed by atoms with Crippen LogP contribution >= 0.6 is 0 Å². The molecule has 2 amide bonds. The van der Waals surface area contributed by atoms with Gasteiger partial charge >= 0.3 is 5.97 Å². The zero-order chi connectivity index (χ0) is 14.6. The van der Waals surface area contributed by atoms with E-state index in [4.69, 9.17) is 10.8 Å². The lowest BCUT2D eigenvalue weighted by molar-refractivity contribution is -0.142. The van der Waals surface area contributed by atoms with Gasteiger partial charge in [0.2, 0.25) is 5.91 Å². The maximum atomic E-state index is 12.1. The van der Waals surface area contributed by atoms with Crippen LogP contribution in [0, 0.1) is 0 Å². The van der Waals surface area contributed by atoms with Crippen LogP contribution in [-0.4, -0.2) is 40.9 Å². The smallest absolute Gasteiger partial charge is 0.326 e. The lowest BCUT2D eigenvalue weighted by Gasteiger charge is -2.23. The van der Waals surface area contributed by atoms with E-state index in [9.17, 15) is 14.4 Å². The largest absolute Gasteiger partial charge is 0.480 e. The molecule has 0 aliphatic heterocycles. The normalized spacial score (nSPS) is 11.7. The Morgan fingerprint density at radius 3 is 2.05 bits per heavy atom. The van der Waals surface area contributed by atoms with E-state index in [1.807, 2.05) is 0 Å². The molecule has 1 aromatic rings. The highest BCUT2D eigenvalue weighted by molar-refractivity contribution is 5.98. The van der Waals surface area contributed by atoms with Crippen LogP contribution in [0.25, 0.3) is 0 Å². The highest BCUT2D eigenvalue weighted by atomic mass is 16.4. The Bertz CT molecular complexity index is 496. The molecule has 1 atom stereocenters. The van der Waals surface area contributed by atoms with Crippen molar-refractivity contribution in [2.45, 2.75) is 19.4 Å². The molecule has 0 saturated carbocycles. The molecule has 3 N–H and O–H groups in total. The average molecular weight is 264 g/mol. The number of hydrogen-bond acceptors (Lipinski definition) is 3. The number of carboxylic acid groups (broad SMARTS) is 1. The summed E-state index contributed by atoms with van der Waals surface area (Å²) in [5.74, 6) is -2.04. The van der Waals surface area contributed by atoms with Crippen LogP contribution < -0.4 is 5.73 Å². The van der Waals surface area contributed by atoms with Gasteiger partial charge in [0.05, 0.1) is 0 Å². The first-order valence-corrected chi connectivity index (χ1v) is 5.78. The number of aliphatic carboxylic acids is 1. The standard InChI is InChI=1S/C13H16N2O4/c1-3-10(13(18)19)15(2)12(17)9-6-4-8(5-7-9)11(14)16/h4-7,10H,3H2,1-2H3,(H2,14,16)(H,18,19).